The fourth-order valence-corrected chi connectivity index (χ4v) is 9.84. The zero-order valence-corrected chi connectivity index (χ0v) is 43.3. The molecule has 21 heteroatoms. The van der Waals surface area contributed by atoms with Crippen LogP contribution < -0.4 is 16.4 Å². The third-order valence-corrected chi connectivity index (χ3v) is 14.0. The van der Waals surface area contributed by atoms with Gasteiger partial charge in [-0.25, -0.2) is 19.2 Å². The maximum Gasteiger partial charge on any atom is 0.351 e. The number of oxime groups is 1. The summed E-state index contributed by atoms with van der Waals surface area (Å²) in [6.45, 7) is 15.3. The fraction of sp³-hybridized carbons (Fsp3) is 0.694. The average molecular weight is 1000 g/mol. The molecule has 70 heavy (non-hydrogen) atoms. The molecule has 0 saturated carbocycles. The van der Waals surface area contributed by atoms with Crippen LogP contribution in [0.25, 0.3) is 10.7 Å². The van der Waals surface area contributed by atoms with E-state index < -0.39 is 89.4 Å². The van der Waals surface area contributed by atoms with Gasteiger partial charge in [0.25, 0.3) is 5.67 Å². The van der Waals surface area contributed by atoms with Crippen LogP contribution in [0.1, 0.15) is 107 Å². The number of thiazole rings is 1. The fourth-order valence-electron chi connectivity index (χ4n) is 9.06. The molecule has 3 aliphatic heterocycles. The summed E-state index contributed by atoms with van der Waals surface area (Å²) in [5.41, 5.74) is 0.612. The van der Waals surface area contributed by atoms with Gasteiger partial charge >= 0.3 is 5.97 Å². The van der Waals surface area contributed by atoms with Crippen molar-refractivity contribution >= 4 is 46.4 Å². The number of aliphatic hydroxyl groups is 2. The van der Waals surface area contributed by atoms with Gasteiger partial charge in [0.15, 0.2) is 18.7 Å². The van der Waals surface area contributed by atoms with Crippen LogP contribution in [0, 0.1) is 17.8 Å². The van der Waals surface area contributed by atoms with Gasteiger partial charge in [0.2, 0.25) is 11.8 Å². The Kier molecular flexibility index (Phi) is 19.4. The summed E-state index contributed by atoms with van der Waals surface area (Å²) in [5.74, 6) is -4.96. The lowest BCUT2D eigenvalue weighted by Gasteiger charge is -2.47. The SMILES string of the molecule is CCC(=O)NC1=C[C@H]2OCC(=NOCc3csc(-c4cccc(NC(=O)[C@@H](N)CC(C)C)n4)n3)CO[C@](C)(C[C@H]1C)[C@H](O[C@@H]1O[C@H](C)C[C@H](N(C)C)[C@H]1O)[C@@H](C)C(=O)[C@](C)(F)C(=O)O[C@H](CC)[C@@]2(C)O. The number of anilines is 1. The van der Waals surface area contributed by atoms with Gasteiger partial charge in [-0.1, -0.05) is 52.8 Å². The van der Waals surface area contributed by atoms with Gasteiger partial charge in [0.1, 0.15) is 46.1 Å². The number of hydrogen-bond donors (Lipinski definition) is 5. The second kappa shape index (κ2) is 23.9. The third kappa shape index (κ3) is 13.8. The first kappa shape index (κ1) is 56.6. The first-order chi connectivity index (χ1) is 32.8. The number of allylic oxidation sites excluding steroid dienone is 1. The molecule has 3 aliphatic rings. The van der Waals surface area contributed by atoms with E-state index in [2.05, 4.69) is 25.8 Å². The van der Waals surface area contributed by atoms with E-state index in [1.807, 2.05) is 39.8 Å². The molecule has 0 aliphatic carbocycles. The van der Waals surface area contributed by atoms with Crippen molar-refractivity contribution < 1.29 is 62.3 Å². The molecule has 0 aromatic carbocycles. The number of carbonyl (C=O) groups is 4. The van der Waals surface area contributed by atoms with Crippen LogP contribution in [-0.4, -0.2) is 147 Å². The molecule has 5 heterocycles. The molecule has 13 atom stereocenters. The lowest BCUT2D eigenvalue weighted by Crippen LogP contribution is -2.60. The monoisotopic (exact) mass is 1000 g/mol. The number of nitrogens with two attached hydrogens (primary N) is 1. The lowest BCUT2D eigenvalue weighted by molar-refractivity contribution is -0.296. The first-order valence-electron chi connectivity index (χ1n) is 24.1. The van der Waals surface area contributed by atoms with E-state index in [9.17, 15) is 29.4 Å². The van der Waals surface area contributed by atoms with Gasteiger partial charge in [-0.2, -0.15) is 0 Å². The quantitative estimate of drug-likeness (QED) is 0.0965. The zero-order chi connectivity index (χ0) is 51.9. The van der Waals surface area contributed by atoms with Gasteiger partial charge in [-0.3, -0.25) is 14.4 Å². The van der Waals surface area contributed by atoms with Crippen molar-refractivity contribution in [2.45, 2.75) is 174 Å². The number of aliphatic hydroxyl groups excluding tert-OH is 1. The van der Waals surface area contributed by atoms with Gasteiger partial charge in [-0.15, -0.1) is 11.3 Å². The molecule has 2 aromatic heterocycles. The van der Waals surface area contributed by atoms with E-state index in [-0.39, 0.29) is 62.5 Å². The van der Waals surface area contributed by atoms with Crippen LogP contribution in [0.3, 0.4) is 0 Å². The molecule has 6 N–H and O–H groups in total. The molecular formula is C49H74FN7O12S. The summed E-state index contributed by atoms with van der Waals surface area (Å²) in [4.78, 5) is 71.3. The number of alkyl halides is 1. The van der Waals surface area contributed by atoms with Crippen molar-refractivity contribution in [3.63, 3.8) is 0 Å². The molecule has 1 fully saturated rings. The highest BCUT2D eigenvalue weighted by Gasteiger charge is 2.55. The number of cyclic esters (lactones) is 1. The van der Waals surface area contributed by atoms with Crippen molar-refractivity contribution in [2.24, 2.45) is 28.6 Å². The summed E-state index contributed by atoms with van der Waals surface area (Å²) in [6.07, 6.45) is -4.62. The first-order valence-corrected chi connectivity index (χ1v) is 24.9. The van der Waals surface area contributed by atoms with Crippen molar-refractivity contribution in [2.75, 3.05) is 32.6 Å². The largest absolute Gasteiger partial charge is 0.457 e. The summed E-state index contributed by atoms with van der Waals surface area (Å²) < 4.78 is 48.8. The number of likely N-dealkylation sites (N-methyl/N-ethyl adjacent to an activating group) is 1. The minimum Gasteiger partial charge on any atom is -0.457 e. The van der Waals surface area contributed by atoms with E-state index in [0.29, 0.717) is 40.8 Å². The van der Waals surface area contributed by atoms with Gasteiger partial charge in [0, 0.05) is 29.5 Å². The third-order valence-electron chi connectivity index (χ3n) is 13.1. The molecule has 0 unspecified atom stereocenters. The molecule has 390 valence electrons. The maximum atomic E-state index is 17.0. The van der Waals surface area contributed by atoms with Crippen LogP contribution in [-0.2, 0) is 54.3 Å². The number of aromatic nitrogens is 2. The minimum absolute atomic E-state index is 0.0144. The summed E-state index contributed by atoms with van der Waals surface area (Å²) in [6, 6.07) is 4.05. The van der Waals surface area contributed by atoms with Crippen LogP contribution in [0.2, 0.25) is 0 Å². The van der Waals surface area contributed by atoms with Gasteiger partial charge < -0.3 is 60.0 Å². The number of rotatable bonds is 14. The summed E-state index contributed by atoms with van der Waals surface area (Å²) in [5, 5.41) is 36.5. The van der Waals surface area contributed by atoms with Crippen molar-refractivity contribution in [1.82, 2.24) is 20.2 Å². The number of nitrogens with one attached hydrogen (secondary N) is 2. The Morgan fingerprint density at radius 2 is 1.81 bits per heavy atom. The van der Waals surface area contributed by atoms with E-state index in [0.717, 1.165) is 6.92 Å². The maximum absolute atomic E-state index is 17.0. The standard InChI is InChI=1S/C49H74FN7O12S/c1-13-36-49(10,63)37-20-34(54-39(58)14-2)27(5)21-47(8,42(29(7)41(60)48(9,50)46(62)68-36)69-45-40(59)35(57(11)12)19-28(6)67-45)65-23-30(22-64-37)56-66-24-31-25-70-44(52-31)33-16-15-17-38(53-33)55-43(61)32(51)18-26(3)4/h15-17,20,25-29,32,35-37,40,42,45,59,63H,13-14,18-19,21-24,51H2,1-12H3,(H,54,58)(H,53,55,61)/t27-,28-,29+,32+,35+,36-,37-,40-,42-,45+,47-,48+,49-/m1/s1. The molecule has 1 saturated heterocycles. The number of hydrogen-bond acceptors (Lipinski definition) is 18. The second-order valence-electron chi connectivity index (χ2n) is 20.0. The number of nitrogens with zero attached hydrogens (tertiary/aromatic N) is 4. The Morgan fingerprint density at radius 3 is 2.47 bits per heavy atom. The number of ether oxygens (including phenoxy) is 5. The van der Waals surface area contributed by atoms with Gasteiger partial charge in [-0.05, 0) is 97.5 Å². The molecule has 0 spiro atoms. The Balaban J connectivity index is 1.57. The minimum atomic E-state index is -3.24. The van der Waals surface area contributed by atoms with Gasteiger partial charge in [0.05, 0.1) is 42.8 Å². The van der Waals surface area contributed by atoms with Crippen molar-refractivity contribution in [1.29, 1.82) is 0 Å². The molecule has 2 bridgehead atoms. The van der Waals surface area contributed by atoms with Crippen molar-refractivity contribution in [3.05, 3.63) is 41.0 Å². The predicted octanol–water partition coefficient (Wildman–Crippen LogP) is 4.83. The normalized spacial score (nSPS) is 33.7. The number of esters is 1. The number of ketones is 1. The number of Topliss-reactive ketones (excluding diaryl/α,β-unsaturated/α-hetero) is 1. The van der Waals surface area contributed by atoms with Crippen molar-refractivity contribution in [3.8, 4) is 10.7 Å². The topological polar surface area (TPSA) is 256 Å². The highest BCUT2D eigenvalue weighted by Crippen LogP contribution is 2.40. The molecule has 0 radical (unpaired) electrons. The Morgan fingerprint density at radius 1 is 1.10 bits per heavy atom. The number of amides is 2. The molecule has 2 amide bonds. The zero-order valence-electron chi connectivity index (χ0n) is 42.5. The average Bonchev–Trinajstić information content (AvgIpc) is 3.77. The Bertz CT molecular complexity index is 2200. The van der Waals surface area contributed by atoms with Crippen LogP contribution in [0.15, 0.2) is 40.5 Å². The van der Waals surface area contributed by atoms with Crippen LogP contribution >= 0.6 is 11.3 Å². The second-order valence-corrected chi connectivity index (χ2v) is 20.8. The van der Waals surface area contributed by atoms with Crippen LogP contribution in [0.4, 0.5) is 10.2 Å². The summed E-state index contributed by atoms with van der Waals surface area (Å²) in [7, 11) is 3.62. The molecule has 2 aromatic rings. The smallest absolute Gasteiger partial charge is 0.351 e. The van der Waals surface area contributed by atoms with E-state index in [1.54, 1.807) is 51.3 Å². The Hall–Kier alpha value is -4.32. The number of carbonyl (C=O) groups excluding carboxylic acids is 4. The molecule has 19 nitrogen and oxygen atoms in total. The van der Waals surface area contributed by atoms with Crippen LogP contribution in [0.5, 0.6) is 0 Å². The highest BCUT2D eigenvalue weighted by molar-refractivity contribution is 7.13. The summed E-state index contributed by atoms with van der Waals surface area (Å²) >= 11 is 1.30. The van der Waals surface area contributed by atoms with E-state index in [1.165, 1.54) is 31.3 Å². The lowest BCUT2D eigenvalue weighted by atomic mass is 9.76. The number of halogens is 1. The number of pyridine rings is 1. The van der Waals surface area contributed by atoms with E-state index >= 15 is 4.39 Å². The Labute approximate surface area is 414 Å². The van der Waals surface area contributed by atoms with E-state index in [4.69, 9.17) is 34.3 Å². The number of fused-ring (bicyclic) bond motifs is 4. The predicted molar refractivity (Wildman–Crippen MR) is 260 cm³/mol. The highest BCUT2D eigenvalue weighted by atomic mass is 32.1. The molecular weight excluding hydrogens is 930 g/mol. The molecule has 5 rings (SSSR count).